The normalized spacial score (nSPS) is 30.5. The van der Waals surface area contributed by atoms with Gasteiger partial charge in [-0.05, 0) is 125 Å². The number of fused-ring (bicyclic) bond motifs is 4. The van der Waals surface area contributed by atoms with Gasteiger partial charge in [0.1, 0.15) is 17.4 Å². The van der Waals surface area contributed by atoms with E-state index in [1.807, 2.05) is 30.2 Å². The minimum Gasteiger partial charge on any atom is -0.490 e. The van der Waals surface area contributed by atoms with Gasteiger partial charge in [0, 0.05) is 56.2 Å². The second kappa shape index (κ2) is 14.4. The van der Waals surface area contributed by atoms with Gasteiger partial charge >= 0.3 is 6.09 Å². The number of anilines is 1. The van der Waals surface area contributed by atoms with Crippen LogP contribution in [0.15, 0.2) is 53.4 Å². The summed E-state index contributed by atoms with van der Waals surface area (Å²) in [4.78, 5) is 33.6. The molecule has 0 aromatic heterocycles. The summed E-state index contributed by atoms with van der Waals surface area (Å²) >= 11 is 6.47. The number of nitrogens with zero attached hydrogens (tertiary/aromatic N) is 3. The Balaban J connectivity index is 1.17. The SMILES string of the molecule is COC1CCN(C(=O)O[C@H]2/C=C/CN(C)C3(CCC3)C(=O)NS(=O)(=O)c3ccc4c(c3)N(C[C@@H]3CC[C@H]32)C[C@@]2(CCCc3cc(Cl)ccc32)CO4)CC1. The highest BCUT2D eigenvalue weighted by atomic mass is 35.5. The Morgan fingerprint density at radius 1 is 1.04 bits per heavy atom. The molecule has 2 spiro atoms. The number of benzene rings is 2. The van der Waals surface area contributed by atoms with Gasteiger partial charge in [0.2, 0.25) is 0 Å². The van der Waals surface area contributed by atoms with Gasteiger partial charge in [-0.25, -0.2) is 17.9 Å². The standard InChI is InChI=1S/C40H51ClN4O7S/c1-43-19-4-7-35(52-38(47)44-20-14-30(50-2)15-21-44)32-11-8-28(32)24-45-25-39(16-3-6-27-22-29(41)9-12-33(27)39)26-51-36-13-10-31(23-34(36)45)53(48,49)42-37(46)40(43)17-5-18-40/h4,7,9-10,12-13,22-23,28,30,32,35H,3,5-6,8,11,14-21,24-26H2,1-2H3,(H,42,46)/b7-4+/t28-,32+,35-,39-/m0/s1. The maximum absolute atomic E-state index is 13.9. The molecule has 0 unspecified atom stereocenters. The van der Waals surface area contributed by atoms with Crippen molar-refractivity contribution in [3.05, 3.63) is 64.7 Å². The van der Waals surface area contributed by atoms with Crippen LogP contribution in [0, 0.1) is 11.8 Å². The number of piperidine rings is 1. The Kier molecular flexibility index (Phi) is 9.95. The number of likely N-dealkylation sites (tertiary alicyclic amines) is 1. The highest BCUT2D eigenvalue weighted by molar-refractivity contribution is 7.90. The van der Waals surface area contributed by atoms with Gasteiger partial charge < -0.3 is 24.0 Å². The van der Waals surface area contributed by atoms with E-state index in [9.17, 15) is 18.0 Å². The average molecular weight is 767 g/mol. The summed E-state index contributed by atoms with van der Waals surface area (Å²) in [5.74, 6) is 0.339. The Labute approximate surface area is 318 Å². The molecule has 11 nitrogen and oxygen atoms in total. The van der Waals surface area contributed by atoms with Crippen molar-refractivity contribution in [2.45, 2.75) is 92.3 Å². The monoisotopic (exact) mass is 766 g/mol. The molecule has 13 heteroatoms. The fraction of sp³-hybridized carbons (Fsp3) is 0.600. The first kappa shape index (κ1) is 36.6. The van der Waals surface area contributed by atoms with E-state index in [2.05, 4.69) is 21.8 Å². The zero-order valence-corrected chi connectivity index (χ0v) is 32.3. The van der Waals surface area contributed by atoms with Crippen molar-refractivity contribution in [2.75, 3.05) is 58.4 Å². The first-order chi connectivity index (χ1) is 25.5. The molecule has 2 bridgehead atoms. The van der Waals surface area contributed by atoms with Crippen molar-refractivity contribution in [3.63, 3.8) is 0 Å². The van der Waals surface area contributed by atoms with Crippen molar-refractivity contribution in [3.8, 4) is 5.75 Å². The number of hydrogen-bond acceptors (Lipinski definition) is 9. The second-order valence-corrected chi connectivity index (χ2v) is 18.3. The van der Waals surface area contributed by atoms with Gasteiger partial charge in [-0.2, -0.15) is 0 Å². The average Bonchev–Trinajstić information content (AvgIpc) is 3.25. The van der Waals surface area contributed by atoms with Gasteiger partial charge in [0.15, 0.2) is 0 Å². The summed E-state index contributed by atoms with van der Waals surface area (Å²) in [5, 5.41) is 0.712. The number of aryl methyl sites for hydroxylation is 1. The van der Waals surface area contributed by atoms with Crippen LogP contribution >= 0.6 is 11.6 Å². The van der Waals surface area contributed by atoms with Gasteiger partial charge in [-0.15, -0.1) is 0 Å². The van der Waals surface area contributed by atoms with E-state index >= 15 is 0 Å². The summed E-state index contributed by atoms with van der Waals surface area (Å²) in [6.45, 7) is 3.29. The van der Waals surface area contributed by atoms with Crippen molar-refractivity contribution >= 4 is 39.3 Å². The van der Waals surface area contributed by atoms with Crippen LogP contribution < -0.4 is 14.4 Å². The summed E-state index contributed by atoms with van der Waals surface area (Å²) < 4.78 is 48.9. The van der Waals surface area contributed by atoms with Crippen LogP contribution in [0.3, 0.4) is 0 Å². The second-order valence-electron chi connectivity index (χ2n) is 16.1. The van der Waals surface area contributed by atoms with Crippen LogP contribution in [0.25, 0.3) is 0 Å². The van der Waals surface area contributed by atoms with Crippen LogP contribution in [-0.2, 0) is 36.1 Å². The van der Waals surface area contributed by atoms with Crippen molar-refractivity contribution in [2.24, 2.45) is 11.8 Å². The number of sulfonamides is 1. The lowest BCUT2D eigenvalue weighted by atomic mass is 9.68. The molecular formula is C40H51ClN4O7S. The smallest absolute Gasteiger partial charge is 0.410 e. The number of likely N-dealkylation sites (N-methyl/N-ethyl adjacent to an activating group) is 1. The predicted octanol–water partition coefficient (Wildman–Crippen LogP) is 5.68. The molecule has 1 saturated heterocycles. The van der Waals surface area contributed by atoms with Crippen LogP contribution in [0.2, 0.25) is 5.02 Å². The number of carbonyl (C=O) groups is 2. The molecule has 1 N–H and O–H groups in total. The molecule has 2 aromatic carbocycles. The highest BCUT2D eigenvalue weighted by Crippen LogP contribution is 2.47. The minimum atomic E-state index is -4.19. The van der Waals surface area contributed by atoms with Crippen LogP contribution in [0.1, 0.15) is 68.9 Å². The van der Waals surface area contributed by atoms with E-state index in [4.69, 9.17) is 25.8 Å². The Morgan fingerprint density at radius 3 is 2.57 bits per heavy atom. The molecule has 0 radical (unpaired) electrons. The van der Waals surface area contributed by atoms with E-state index in [0.29, 0.717) is 68.6 Å². The number of amides is 2. The quantitative estimate of drug-likeness (QED) is 0.385. The van der Waals surface area contributed by atoms with E-state index in [-0.39, 0.29) is 34.3 Å². The fourth-order valence-corrected chi connectivity index (χ4v) is 10.9. The number of ether oxygens (including phenoxy) is 3. The van der Waals surface area contributed by atoms with Gasteiger partial charge in [-0.3, -0.25) is 9.69 Å². The lowest BCUT2D eigenvalue weighted by Gasteiger charge is -2.47. The number of carbonyl (C=O) groups excluding carboxylic acids is 2. The molecule has 3 aliphatic heterocycles. The molecule has 4 atom stereocenters. The topological polar surface area (TPSA) is 118 Å². The molecular weight excluding hydrogens is 716 g/mol. The summed E-state index contributed by atoms with van der Waals surface area (Å²) in [5.41, 5.74) is 1.85. The van der Waals surface area contributed by atoms with Gasteiger partial charge in [-0.1, -0.05) is 23.7 Å². The zero-order chi connectivity index (χ0) is 37.0. The van der Waals surface area contributed by atoms with E-state index in [1.54, 1.807) is 30.2 Å². The lowest BCUT2D eigenvalue weighted by molar-refractivity contribution is -0.136. The third-order valence-electron chi connectivity index (χ3n) is 13.2. The highest BCUT2D eigenvalue weighted by Gasteiger charge is 2.49. The molecule has 2 saturated carbocycles. The largest absolute Gasteiger partial charge is 0.490 e. The third kappa shape index (κ3) is 6.82. The predicted molar refractivity (Wildman–Crippen MR) is 202 cm³/mol. The minimum absolute atomic E-state index is 0.0308. The molecule has 2 aromatic rings. The first-order valence-electron chi connectivity index (χ1n) is 19.2. The van der Waals surface area contributed by atoms with E-state index in [0.717, 1.165) is 51.4 Å². The molecule has 286 valence electrons. The van der Waals surface area contributed by atoms with Gasteiger partial charge in [0.05, 0.1) is 23.3 Å². The number of halogens is 1. The van der Waals surface area contributed by atoms with E-state index in [1.165, 1.54) is 11.1 Å². The molecule has 2 amide bonds. The number of hydrogen-bond donors (Lipinski definition) is 1. The summed E-state index contributed by atoms with van der Waals surface area (Å²) in [6.07, 6.45) is 11.6. The van der Waals surface area contributed by atoms with Crippen molar-refractivity contribution in [1.29, 1.82) is 0 Å². The summed E-state index contributed by atoms with van der Waals surface area (Å²) in [7, 11) is -0.617. The van der Waals surface area contributed by atoms with Crippen LogP contribution in [-0.4, -0.2) is 101 Å². The molecule has 3 aliphatic carbocycles. The Bertz CT molecular complexity index is 1880. The van der Waals surface area contributed by atoms with Crippen molar-refractivity contribution in [1.82, 2.24) is 14.5 Å². The molecule has 3 heterocycles. The maximum Gasteiger partial charge on any atom is 0.410 e. The van der Waals surface area contributed by atoms with Gasteiger partial charge in [0.25, 0.3) is 15.9 Å². The molecule has 6 aliphatic rings. The zero-order valence-electron chi connectivity index (χ0n) is 30.7. The third-order valence-corrected chi connectivity index (χ3v) is 14.8. The molecule has 53 heavy (non-hydrogen) atoms. The molecule has 3 fully saturated rings. The maximum atomic E-state index is 13.9. The van der Waals surface area contributed by atoms with Crippen LogP contribution in [0.5, 0.6) is 5.75 Å². The fourth-order valence-electron chi connectivity index (χ4n) is 9.63. The Morgan fingerprint density at radius 2 is 1.85 bits per heavy atom. The Hall–Kier alpha value is -3.32. The number of methoxy groups -OCH3 is 1. The van der Waals surface area contributed by atoms with Crippen LogP contribution in [0.4, 0.5) is 10.5 Å². The number of rotatable bonds is 2. The first-order valence-corrected chi connectivity index (χ1v) is 21.1. The molecule has 8 rings (SSSR count). The van der Waals surface area contributed by atoms with E-state index < -0.39 is 27.6 Å². The summed E-state index contributed by atoms with van der Waals surface area (Å²) in [6, 6.07) is 11.1. The van der Waals surface area contributed by atoms with Crippen molar-refractivity contribution < 1.29 is 32.2 Å². The number of nitrogens with one attached hydrogen (secondary N) is 1. The lowest BCUT2D eigenvalue weighted by Crippen LogP contribution is -2.62.